The fourth-order valence-corrected chi connectivity index (χ4v) is 4.64. The molecule has 0 unspecified atom stereocenters. The molecule has 146 valence electrons. The zero-order valence-electron chi connectivity index (χ0n) is 13.8. The first-order valence-electron chi connectivity index (χ1n) is 7.94. The van der Waals surface area contributed by atoms with Crippen LogP contribution in [0.3, 0.4) is 0 Å². The van der Waals surface area contributed by atoms with Gasteiger partial charge in [0.1, 0.15) is 0 Å². The zero-order valence-corrected chi connectivity index (χ0v) is 15.4. The maximum absolute atomic E-state index is 12.7. The van der Waals surface area contributed by atoms with E-state index in [-0.39, 0.29) is 23.1 Å². The Morgan fingerprint density at radius 2 is 2.11 bits per heavy atom. The summed E-state index contributed by atoms with van der Waals surface area (Å²) in [5.74, 6) is -0.613. The van der Waals surface area contributed by atoms with Crippen LogP contribution in [-0.4, -0.2) is 49.0 Å². The lowest BCUT2D eigenvalue weighted by atomic mass is 10.1. The second kappa shape index (κ2) is 7.21. The van der Waals surface area contributed by atoms with Gasteiger partial charge in [0.25, 0.3) is 9.84 Å². The van der Waals surface area contributed by atoms with E-state index in [2.05, 4.69) is 4.98 Å². The molecule has 0 bridgehead atoms. The van der Waals surface area contributed by atoms with Gasteiger partial charge in [-0.15, -0.1) is 0 Å². The standard InChI is InChI=1S/C16H15F3N2O4S2/c17-16(18,19)27(24,25)12-5-1-3-10(7-12)14(23)13-8-20-15(26-13)21-6-2-4-11(21)9-22/h1,3,5,7-8,11,22H,2,4,6,9H2/t11-/m1/s1. The van der Waals surface area contributed by atoms with E-state index in [4.69, 9.17) is 0 Å². The Hall–Kier alpha value is -1.98. The number of benzene rings is 1. The van der Waals surface area contributed by atoms with Crippen LogP contribution in [0.2, 0.25) is 0 Å². The zero-order chi connectivity index (χ0) is 19.8. The molecule has 0 saturated carbocycles. The molecule has 0 amide bonds. The van der Waals surface area contributed by atoms with Gasteiger partial charge >= 0.3 is 5.51 Å². The van der Waals surface area contributed by atoms with Crippen LogP contribution < -0.4 is 4.90 Å². The number of halogens is 3. The molecule has 11 heteroatoms. The lowest BCUT2D eigenvalue weighted by Gasteiger charge is -2.21. The fourth-order valence-electron chi connectivity index (χ4n) is 2.86. The number of ketones is 1. The van der Waals surface area contributed by atoms with Gasteiger partial charge < -0.3 is 10.0 Å². The van der Waals surface area contributed by atoms with Crippen LogP contribution in [0.25, 0.3) is 0 Å². The highest BCUT2D eigenvalue weighted by molar-refractivity contribution is 7.92. The Morgan fingerprint density at radius 1 is 1.37 bits per heavy atom. The molecule has 1 aromatic heterocycles. The number of hydrogen-bond donors (Lipinski definition) is 1. The third-order valence-corrected chi connectivity index (χ3v) is 6.78. The number of alkyl halides is 3. The number of aliphatic hydroxyl groups excluding tert-OH is 1. The molecule has 1 atom stereocenters. The van der Waals surface area contributed by atoms with Crippen molar-refractivity contribution in [2.45, 2.75) is 29.3 Å². The van der Waals surface area contributed by atoms with Crippen LogP contribution >= 0.6 is 11.3 Å². The average Bonchev–Trinajstić information content (AvgIpc) is 3.28. The third-order valence-electron chi connectivity index (χ3n) is 4.26. The van der Waals surface area contributed by atoms with E-state index in [1.165, 1.54) is 12.3 Å². The molecule has 2 aromatic rings. The van der Waals surface area contributed by atoms with Gasteiger partial charge in [0.15, 0.2) is 5.13 Å². The van der Waals surface area contributed by atoms with E-state index >= 15 is 0 Å². The number of thiazole rings is 1. The first-order valence-corrected chi connectivity index (χ1v) is 10.2. The van der Waals surface area contributed by atoms with Crippen LogP contribution in [0.1, 0.15) is 28.1 Å². The van der Waals surface area contributed by atoms with Crippen LogP contribution in [0.15, 0.2) is 35.4 Å². The molecule has 1 saturated heterocycles. The topological polar surface area (TPSA) is 87.6 Å². The molecule has 0 radical (unpaired) electrons. The maximum Gasteiger partial charge on any atom is 0.501 e. The molecular weight excluding hydrogens is 405 g/mol. The van der Waals surface area contributed by atoms with E-state index in [9.17, 15) is 31.5 Å². The van der Waals surface area contributed by atoms with Crippen molar-refractivity contribution in [3.63, 3.8) is 0 Å². The molecule has 2 heterocycles. The van der Waals surface area contributed by atoms with Gasteiger partial charge in [0.05, 0.1) is 28.6 Å². The summed E-state index contributed by atoms with van der Waals surface area (Å²) in [6, 6.07) is 3.78. The number of nitrogens with zero attached hydrogens (tertiary/aromatic N) is 2. The van der Waals surface area contributed by atoms with Gasteiger partial charge in [0.2, 0.25) is 5.78 Å². The first kappa shape index (κ1) is 19.8. The van der Waals surface area contributed by atoms with E-state index in [1.807, 2.05) is 4.90 Å². The van der Waals surface area contributed by atoms with Crippen molar-refractivity contribution in [1.29, 1.82) is 0 Å². The lowest BCUT2D eigenvalue weighted by molar-refractivity contribution is -0.0436. The number of sulfone groups is 1. The average molecular weight is 420 g/mol. The minimum atomic E-state index is -5.53. The van der Waals surface area contributed by atoms with Gasteiger partial charge in [-0.25, -0.2) is 13.4 Å². The van der Waals surface area contributed by atoms with Gasteiger partial charge in [-0.2, -0.15) is 13.2 Å². The van der Waals surface area contributed by atoms with Crippen molar-refractivity contribution in [2.75, 3.05) is 18.1 Å². The van der Waals surface area contributed by atoms with E-state index < -0.39 is 26.0 Å². The van der Waals surface area contributed by atoms with Crippen molar-refractivity contribution in [3.05, 3.63) is 40.9 Å². The SMILES string of the molecule is O=C(c1cccc(S(=O)(=O)C(F)(F)F)c1)c1cnc(N2CCC[C@@H]2CO)s1. The molecule has 0 aliphatic carbocycles. The van der Waals surface area contributed by atoms with Crippen LogP contribution in [0, 0.1) is 0 Å². The highest BCUT2D eigenvalue weighted by atomic mass is 32.2. The van der Waals surface area contributed by atoms with Crippen LogP contribution in [0.5, 0.6) is 0 Å². The summed E-state index contributed by atoms with van der Waals surface area (Å²) in [6.45, 7) is 0.645. The Kier molecular flexibility index (Phi) is 5.28. The quantitative estimate of drug-likeness (QED) is 0.749. The highest BCUT2D eigenvalue weighted by Gasteiger charge is 2.47. The molecule has 0 spiro atoms. The van der Waals surface area contributed by atoms with Gasteiger partial charge in [-0.1, -0.05) is 23.5 Å². The monoisotopic (exact) mass is 420 g/mol. The van der Waals surface area contributed by atoms with Gasteiger partial charge in [0, 0.05) is 12.1 Å². The molecule has 1 aliphatic heterocycles. The predicted molar refractivity (Wildman–Crippen MR) is 92.7 cm³/mol. The smallest absolute Gasteiger partial charge is 0.394 e. The molecule has 1 N–H and O–H groups in total. The molecule has 27 heavy (non-hydrogen) atoms. The first-order chi connectivity index (χ1) is 12.6. The number of carbonyl (C=O) groups is 1. The Balaban J connectivity index is 1.88. The maximum atomic E-state index is 12.7. The van der Waals surface area contributed by atoms with Crippen LogP contribution in [0.4, 0.5) is 18.3 Å². The summed E-state index contributed by atoms with van der Waals surface area (Å²) >= 11 is 1.05. The van der Waals surface area contributed by atoms with E-state index in [1.54, 1.807) is 0 Å². The number of aliphatic hydroxyl groups is 1. The largest absolute Gasteiger partial charge is 0.501 e. The summed E-state index contributed by atoms with van der Waals surface area (Å²) in [4.78, 5) is 17.8. The minimum absolute atomic E-state index is 0.0415. The normalized spacial score (nSPS) is 18.1. The Morgan fingerprint density at radius 3 is 2.78 bits per heavy atom. The molecule has 1 fully saturated rings. The fraction of sp³-hybridized carbons (Fsp3) is 0.375. The summed E-state index contributed by atoms with van der Waals surface area (Å²) < 4.78 is 61.2. The molecule has 3 rings (SSSR count). The third kappa shape index (κ3) is 3.71. The number of carbonyl (C=O) groups excluding carboxylic acids is 1. The second-order valence-electron chi connectivity index (χ2n) is 5.99. The predicted octanol–water partition coefficient (Wildman–Crippen LogP) is 2.63. The Bertz CT molecular complexity index is 957. The number of aromatic nitrogens is 1. The van der Waals surface area contributed by atoms with E-state index in [0.717, 1.165) is 42.4 Å². The van der Waals surface area contributed by atoms with Crippen molar-refractivity contribution in [1.82, 2.24) is 4.98 Å². The van der Waals surface area contributed by atoms with Crippen molar-refractivity contribution in [3.8, 4) is 0 Å². The van der Waals surface area contributed by atoms with Crippen molar-refractivity contribution < 1.29 is 31.5 Å². The van der Waals surface area contributed by atoms with Gasteiger partial charge in [-0.3, -0.25) is 4.79 Å². The Labute approximate surface area is 157 Å². The molecular formula is C16H15F3N2O4S2. The van der Waals surface area contributed by atoms with Gasteiger partial charge in [-0.05, 0) is 25.0 Å². The summed E-state index contributed by atoms with van der Waals surface area (Å²) in [5.41, 5.74) is -5.61. The lowest BCUT2D eigenvalue weighted by Crippen LogP contribution is -2.31. The number of rotatable bonds is 5. The van der Waals surface area contributed by atoms with Crippen LogP contribution in [-0.2, 0) is 9.84 Å². The highest BCUT2D eigenvalue weighted by Crippen LogP contribution is 2.33. The molecule has 1 aromatic carbocycles. The van der Waals surface area contributed by atoms with Crippen molar-refractivity contribution in [2.24, 2.45) is 0 Å². The van der Waals surface area contributed by atoms with E-state index in [0.29, 0.717) is 11.7 Å². The molecule has 1 aliphatic rings. The number of hydrogen-bond acceptors (Lipinski definition) is 7. The summed E-state index contributed by atoms with van der Waals surface area (Å²) in [7, 11) is -5.53. The summed E-state index contributed by atoms with van der Waals surface area (Å²) in [6.07, 6.45) is 2.99. The minimum Gasteiger partial charge on any atom is -0.394 e. The molecule has 6 nitrogen and oxygen atoms in total. The summed E-state index contributed by atoms with van der Waals surface area (Å²) in [5, 5.41) is 9.92. The number of anilines is 1. The second-order valence-corrected chi connectivity index (χ2v) is 8.94. The van der Waals surface area contributed by atoms with Crippen molar-refractivity contribution >= 4 is 32.1 Å².